The van der Waals surface area contributed by atoms with Gasteiger partial charge in [0.25, 0.3) is 0 Å². The molecule has 1 atom stereocenters. The van der Waals surface area contributed by atoms with Gasteiger partial charge in [0.15, 0.2) is 0 Å². The molecule has 1 aromatic rings. The molecule has 18 heavy (non-hydrogen) atoms. The second-order valence-corrected chi connectivity index (χ2v) is 4.59. The Bertz CT molecular complexity index is 431. The summed E-state index contributed by atoms with van der Waals surface area (Å²) in [6, 6.07) is 6.10. The number of methoxy groups -OCH3 is 1. The Balaban J connectivity index is 2.20. The van der Waals surface area contributed by atoms with E-state index in [9.17, 15) is 4.79 Å². The number of ether oxygens (including phenoxy) is 2. The molecule has 98 valence electrons. The van der Waals surface area contributed by atoms with E-state index < -0.39 is 0 Å². The summed E-state index contributed by atoms with van der Waals surface area (Å²) in [5.41, 5.74) is 2.24. The van der Waals surface area contributed by atoms with Crippen LogP contribution in [0.1, 0.15) is 30.0 Å². The number of rotatable bonds is 3. The fraction of sp³-hybridized carbons (Fsp3) is 0.500. The summed E-state index contributed by atoms with van der Waals surface area (Å²) < 4.78 is 10.5. The summed E-state index contributed by atoms with van der Waals surface area (Å²) >= 11 is 0. The van der Waals surface area contributed by atoms with Crippen LogP contribution in [0.2, 0.25) is 0 Å². The van der Waals surface area contributed by atoms with E-state index in [4.69, 9.17) is 9.47 Å². The Morgan fingerprint density at radius 2 is 2.39 bits per heavy atom. The molecule has 0 radical (unpaired) electrons. The van der Waals surface area contributed by atoms with Crippen molar-refractivity contribution in [2.24, 2.45) is 0 Å². The Labute approximate surface area is 107 Å². The minimum Gasteiger partial charge on any atom is -0.493 e. The molecule has 0 saturated heterocycles. The highest BCUT2D eigenvalue weighted by molar-refractivity contribution is 5.77. The number of benzene rings is 1. The maximum absolute atomic E-state index is 11.6. The first-order valence-corrected chi connectivity index (χ1v) is 6.22. The number of nitrogens with one attached hydrogen (secondary N) is 1. The largest absolute Gasteiger partial charge is 0.493 e. The zero-order chi connectivity index (χ0) is 13.0. The highest BCUT2D eigenvalue weighted by Gasteiger charge is 2.21. The third-order valence-corrected chi connectivity index (χ3v) is 3.05. The standard InChI is InChI=1S/C14H19NO3/c1-10-5-6-13-11(8-10)12(4-3-7-18-13)15-14(16)9-17-2/h5-6,8,12H,3-4,7,9H2,1-2H3,(H,15,16). The predicted octanol–water partition coefficient (Wildman–Crippen LogP) is 1.97. The van der Waals surface area contributed by atoms with Gasteiger partial charge in [0.2, 0.25) is 5.91 Å². The van der Waals surface area contributed by atoms with Crippen molar-refractivity contribution >= 4 is 5.91 Å². The molecule has 0 saturated carbocycles. The molecule has 1 unspecified atom stereocenters. The molecule has 1 N–H and O–H groups in total. The molecule has 1 aliphatic heterocycles. The normalized spacial score (nSPS) is 18.4. The van der Waals surface area contributed by atoms with Gasteiger partial charge in [0, 0.05) is 12.7 Å². The number of carbonyl (C=O) groups is 1. The molecule has 1 aliphatic rings. The van der Waals surface area contributed by atoms with Crippen molar-refractivity contribution in [1.29, 1.82) is 0 Å². The Morgan fingerprint density at radius 3 is 3.17 bits per heavy atom. The number of carbonyl (C=O) groups excluding carboxylic acids is 1. The lowest BCUT2D eigenvalue weighted by Crippen LogP contribution is -2.31. The van der Waals surface area contributed by atoms with Gasteiger partial charge in [-0.05, 0) is 25.8 Å². The van der Waals surface area contributed by atoms with E-state index in [1.807, 2.05) is 19.1 Å². The molecule has 0 spiro atoms. The summed E-state index contributed by atoms with van der Waals surface area (Å²) in [6.07, 6.45) is 1.83. The average molecular weight is 249 g/mol. The van der Waals surface area contributed by atoms with Gasteiger partial charge in [-0.15, -0.1) is 0 Å². The molecular formula is C14H19NO3. The van der Waals surface area contributed by atoms with Crippen LogP contribution >= 0.6 is 0 Å². The smallest absolute Gasteiger partial charge is 0.246 e. The van der Waals surface area contributed by atoms with Crippen molar-refractivity contribution in [2.75, 3.05) is 20.3 Å². The van der Waals surface area contributed by atoms with Gasteiger partial charge in [-0.1, -0.05) is 17.7 Å². The molecule has 2 rings (SSSR count). The van der Waals surface area contributed by atoms with E-state index in [0.717, 1.165) is 24.2 Å². The summed E-state index contributed by atoms with van der Waals surface area (Å²) in [7, 11) is 1.52. The van der Waals surface area contributed by atoms with Gasteiger partial charge < -0.3 is 14.8 Å². The van der Waals surface area contributed by atoms with Crippen molar-refractivity contribution in [3.63, 3.8) is 0 Å². The third kappa shape index (κ3) is 3.01. The molecule has 0 fully saturated rings. The molecule has 1 amide bonds. The van der Waals surface area contributed by atoms with E-state index in [2.05, 4.69) is 11.4 Å². The quantitative estimate of drug-likeness (QED) is 0.891. The summed E-state index contributed by atoms with van der Waals surface area (Å²) in [4.78, 5) is 11.6. The third-order valence-electron chi connectivity index (χ3n) is 3.05. The van der Waals surface area contributed by atoms with E-state index in [-0.39, 0.29) is 18.6 Å². The first kappa shape index (κ1) is 12.9. The van der Waals surface area contributed by atoms with Gasteiger partial charge in [0.1, 0.15) is 12.4 Å². The van der Waals surface area contributed by atoms with Gasteiger partial charge in [-0.2, -0.15) is 0 Å². The van der Waals surface area contributed by atoms with Crippen LogP contribution in [0.15, 0.2) is 18.2 Å². The van der Waals surface area contributed by atoms with Crippen molar-refractivity contribution in [2.45, 2.75) is 25.8 Å². The van der Waals surface area contributed by atoms with E-state index in [1.165, 1.54) is 12.7 Å². The summed E-state index contributed by atoms with van der Waals surface area (Å²) in [5.74, 6) is 0.790. The lowest BCUT2D eigenvalue weighted by atomic mass is 10.00. The second kappa shape index (κ2) is 5.87. The Morgan fingerprint density at radius 1 is 1.56 bits per heavy atom. The zero-order valence-corrected chi connectivity index (χ0v) is 10.9. The van der Waals surface area contributed by atoms with Crippen LogP contribution in [0.25, 0.3) is 0 Å². The zero-order valence-electron chi connectivity index (χ0n) is 10.9. The fourth-order valence-electron chi connectivity index (χ4n) is 2.21. The maximum atomic E-state index is 11.6. The van der Waals surface area contributed by atoms with E-state index in [0.29, 0.717) is 6.61 Å². The highest BCUT2D eigenvalue weighted by Crippen LogP contribution is 2.32. The van der Waals surface area contributed by atoms with Crippen LogP contribution in [0, 0.1) is 6.92 Å². The van der Waals surface area contributed by atoms with E-state index >= 15 is 0 Å². The monoisotopic (exact) mass is 249 g/mol. The molecule has 0 aliphatic carbocycles. The highest BCUT2D eigenvalue weighted by atomic mass is 16.5. The molecule has 1 heterocycles. The Hall–Kier alpha value is -1.55. The number of amides is 1. The summed E-state index contributed by atoms with van der Waals surface area (Å²) in [5, 5.41) is 3.00. The van der Waals surface area contributed by atoms with Crippen LogP contribution in [0.4, 0.5) is 0 Å². The van der Waals surface area contributed by atoms with E-state index in [1.54, 1.807) is 0 Å². The van der Waals surface area contributed by atoms with Crippen LogP contribution in [0.3, 0.4) is 0 Å². The van der Waals surface area contributed by atoms with Crippen LogP contribution in [-0.2, 0) is 9.53 Å². The lowest BCUT2D eigenvalue weighted by Gasteiger charge is -2.18. The van der Waals surface area contributed by atoms with Crippen LogP contribution < -0.4 is 10.1 Å². The number of hydrogen-bond acceptors (Lipinski definition) is 3. The second-order valence-electron chi connectivity index (χ2n) is 4.59. The van der Waals surface area contributed by atoms with Crippen molar-refractivity contribution in [3.8, 4) is 5.75 Å². The Kier molecular flexibility index (Phi) is 4.20. The van der Waals surface area contributed by atoms with Crippen molar-refractivity contribution in [1.82, 2.24) is 5.32 Å². The van der Waals surface area contributed by atoms with Gasteiger partial charge in [-0.3, -0.25) is 4.79 Å². The minimum absolute atomic E-state index is 0.0186. The molecule has 4 heteroatoms. The molecular weight excluding hydrogens is 230 g/mol. The van der Waals surface area contributed by atoms with Gasteiger partial charge in [0.05, 0.1) is 12.6 Å². The molecule has 0 bridgehead atoms. The van der Waals surface area contributed by atoms with Gasteiger partial charge in [-0.25, -0.2) is 0 Å². The van der Waals surface area contributed by atoms with Crippen molar-refractivity contribution in [3.05, 3.63) is 29.3 Å². The predicted molar refractivity (Wildman–Crippen MR) is 68.7 cm³/mol. The number of fused-ring (bicyclic) bond motifs is 1. The first-order chi connectivity index (χ1) is 8.70. The molecule has 4 nitrogen and oxygen atoms in total. The van der Waals surface area contributed by atoms with Crippen LogP contribution in [0.5, 0.6) is 5.75 Å². The first-order valence-electron chi connectivity index (χ1n) is 6.22. The average Bonchev–Trinajstić information content (AvgIpc) is 2.52. The summed E-state index contributed by atoms with van der Waals surface area (Å²) in [6.45, 7) is 2.84. The number of hydrogen-bond donors (Lipinski definition) is 1. The molecule has 1 aromatic carbocycles. The van der Waals surface area contributed by atoms with Gasteiger partial charge >= 0.3 is 0 Å². The minimum atomic E-state index is -0.0862. The number of aryl methyl sites for hydroxylation is 1. The lowest BCUT2D eigenvalue weighted by molar-refractivity contribution is -0.125. The van der Waals surface area contributed by atoms with Crippen molar-refractivity contribution < 1.29 is 14.3 Å². The van der Waals surface area contributed by atoms with Crippen LogP contribution in [-0.4, -0.2) is 26.2 Å². The molecule has 0 aromatic heterocycles. The maximum Gasteiger partial charge on any atom is 0.246 e. The topological polar surface area (TPSA) is 47.6 Å². The fourth-order valence-corrected chi connectivity index (χ4v) is 2.21. The SMILES string of the molecule is COCC(=O)NC1CCCOc2ccc(C)cc21.